The quantitative estimate of drug-likeness (QED) is 0.453. The van der Waals surface area contributed by atoms with Gasteiger partial charge in [0.05, 0.1) is 4.90 Å². The van der Waals surface area contributed by atoms with Crippen LogP contribution in [-0.4, -0.2) is 9.89 Å². The van der Waals surface area contributed by atoms with Gasteiger partial charge in [-0.05, 0) is 78.3 Å². The largest absolute Gasteiger partial charge is 0.239 e. The molecule has 1 saturated carbocycles. The Bertz CT molecular complexity index is 619. The van der Waals surface area contributed by atoms with E-state index in [1.54, 1.807) is 18.2 Å². The van der Waals surface area contributed by atoms with Crippen LogP contribution in [0.5, 0.6) is 0 Å². The Hall–Kier alpha value is 0.210. The number of halogens is 3. The van der Waals surface area contributed by atoms with Crippen molar-refractivity contribution in [2.75, 3.05) is 0 Å². The van der Waals surface area contributed by atoms with Gasteiger partial charge in [-0.1, -0.05) is 30.2 Å². The van der Waals surface area contributed by atoms with E-state index in [0.29, 0.717) is 18.4 Å². The van der Waals surface area contributed by atoms with E-state index in [2.05, 4.69) is 53.0 Å². The Morgan fingerprint density at radius 3 is 2.25 bits per heavy atom. The maximum Gasteiger partial charge on any atom is 0.239 e. The van der Waals surface area contributed by atoms with Crippen LogP contribution in [0.1, 0.15) is 31.2 Å². The van der Waals surface area contributed by atoms with Crippen molar-refractivity contribution in [2.24, 2.45) is 5.18 Å². The first-order valence-corrected chi connectivity index (χ1v) is 9.86. The number of sulfone groups is 1. The van der Waals surface area contributed by atoms with Crippen LogP contribution in [0.2, 0.25) is 0 Å². The molecule has 1 aliphatic carbocycles. The third kappa shape index (κ3) is 2.89. The van der Waals surface area contributed by atoms with E-state index in [9.17, 15) is 13.3 Å². The van der Waals surface area contributed by atoms with Crippen LogP contribution < -0.4 is 0 Å². The fourth-order valence-electron chi connectivity index (χ4n) is 2.48. The molecule has 1 aromatic rings. The summed E-state index contributed by atoms with van der Waals surface area (Å²) in [7, 11) is -3.66. The van der Waals surface area contributed by atoms with E-state index in [1.807, 2.05) is 0 Å². The predicted molar refractivity (Wildman–Crippen MR) is 89.1 cm³/mol. The molecule has 0 spiro atoms. The molecule has 0 aliphatic heterocycles. The summed E-state index contributed by atoms with van der Waals surface area (Å²) in [5.41, 5.74) is -0.109. The average Bonchev–Trinajstić information content (AvgIpc) is 2.87. The zero-order valence-corrected chi connectivity index (χ0v) is 15.9. The van der Waals surface area contributed by atoms with Crippen LogP contribution in [0.3, 0.4) is 0 Å². The first kappa shape index (κ1) is 16.6. The molecule has 0 unspecified atom stereocenters. The third-order valence-corrected chi connectivity index (χ3v) is 8.91. The Labute approximate surface area is 143 Å². The molecule has 0 bridgehead atoms. The molecule has 2 rings (SSSR count). The highest BCUT2D eigenvalue weighted by atomic mass is 80.0. The second kappa shape index (κ2) is 5.78. The van der Waals surface area contributed by atoms with Crippen LogP contribution in [0.4, 0.5) is 0 Å². The highest BCUT2D eigenvalue weighted by molar-refractivity contribution is 9.42. The lowest BCUT2D eigenvalue weighted by Gasteiger charge is -2.22. The lowest BCUT2D eigenvalue weighted by atomic mass is 9.89. The zero-order chi connectivity index (χ0) is 15.0. The van der Waals surface area contributed by atoms with Gasteiger partial charge in [0.1, 0.15) is 5.54 Å². The molecule has 1 aliphatic rings. The minimum absolute atomic E-state index is 0.135. The summed E-state index contributed by atoms with van der Waals surface area (Å²) in [4.78, 5) is 11.4. The topological polar surface area (TPSA) is 63.6 Å². The summed E-state index contributed by atoms with van der Waals surface area (Å²) < 4.78 is 23.3. The molecule has 20 heavy (non-hydrogen) atoms. The molecule has 1 aromatic carbocycles. The van der Waals surface area contributed by atoms with Gasteiger partial charge >= 0.3 is 0 Å². The maximum absolute atomic E-state index is 12.4. The van der Waals surface area contributed by atoms with Crippen LogP contribution >= 0.6 is 47.8 Å². The summed E-state index contributed by atoms with van der Waals surface area (Å²) in [5, 5.41) is 3.29. The molecule has 1 fully saturated rings. The van der Waals surface area contributed by atoms with E-state index in [-0.39, 0.29) is 4.90 Å². The Kier molecular flexibility index (Phi) is 4.79. The number of hydrogen-bond donors (Lipinski definition) is 0. The van der Waals surface area contributed by atoms with Gasteiger partial charge in [0.2, 0.25) is 11.3 Å². The number of hydrogen-bond acceptors (Lipinski definition) is 4. The number of nitrogens with zero attached hydrogens (tertiary/aromatic N) is 1. The van der Waals surface area contributed by atoms with Crippen molar-refractivity contribution in [3.05, 3.63) is 34.7 Å². The summed E-state index contributed by atoms with van der Waals surface area (Å²) >= 11 is 9.11. The number of rotatable bonds is 3. The van der Waals surface area contributed by atoms with Gasteiger partial charge < -0.3 is 0 Å². The normalized spacial score (nSPS) is 18.9. The third-order valence-electron chi connectivity index (χ3n) is 3.59. The van der Waals surface area contributed by atoms with Gasteiger partial charge in [-0.3, -0.25) is 0 Å². The Morgan fingerprint density at radius 2 is 1.75 bits per heavy atom. The highest BCUT2D eigenvalue weighted by Gasteiger charge is 2.40. The van der Waals surface area contributed by atoms with Crippen molar-refractivity contribution in [1.82, 2.24) is 0 Å². The van der Waals surface area contributed by atoms with Crippen LogP contribution in [0.15, 0.2) is 34.3 Å². The summed E-state index contributed by atoms with van der Waals surface area (Å²) in [6, 6.07) is 6.46. The Morgan fingerprint density at radius 1 is 1.15 bits per heavy atom. The van der Waals surface area contributed by atoms with Crippen molar-refractivity contribution in [2.45, 2.75) is 37.6 Å². The molecule has 4 nitrogen and oxygen atoms in total. The summed E-state index contributed by atoms with van der Waals surface area (Å²) in [6.07, 6.45) is 3.20. The summed E-state index contributed by atoms with van der Waals surface area (Å²) in [6.45, 7) is 0. The van der Waals surface area contributed by atoms with Crippen LogP contribution in [0, 0.1) is 4.91 Å². The van der Waals surface area contributed by atoms with Crippen molar-refractivity contribution >= 4 is 57.6 Å². The second-order valence-corrected chi connectivity index (χ2v) is 15.2. The van der Waals surface area contributed by atoms with E-state index in [1.165, 1.54) is 6.07 Å². The summed E-state index contributed by atoms with van der Waals surface area (Å²) in [5.74, 6) is 0. The molecule has 0 atom stereocenters. The van der Waals surface area contributed by atoms with Gasteiger partial charge in [-0.2, -0.15) is 0 Å². The number of nitroso groups, excluding NO2 is 1. The molecular weight excluding hydrogens is 478 g/mol. The van der Waals surface area contributed by atoms with Gasteiger partial charge in [0.25, 0.3) is 0 Å². The van der Waals surface area contributed by atoms with Gasteiger partial charge in [-0.25, -0.2) is 8.42 Å². The fourth-order valence-corrected chi connectivity index (χ4v) is 4.97. The van der Waals surface area contributed by atoms with Crippen molar-refractivity contribution in [3.8, 4) is 0 Å². The Balaban J connectivity index is 2.51. The molecule has 0 amide bonds. The molecule has 0 N–H and O–H groups in total. The molecule has 0 aromatic heterocycles. The molecule has 0 heterocycles. The molecule has 110 valence electrons. The van der Waals surface area contributed by atoms with Crippen molar-refractivity contribution in [3.63, 3.8) is 0 Å². The minimum Gasteiger partial charge on any atom is -0.220 e. The van der Waals surface area contributed by atoms with E-state index in [0.717, 1.165) is 12.8 Å². The second-order valence-electron chi connectivity index (χ2n) is 4.81. The first-order chi connectivity index (χ1) is 9.23. The lowest BCUT2D eigenvalue weighted by molar-refractivity contribution is 0.460. The minimum atomic E-state index is -3.66. The van der Waals surface area contributed by atoms with E-state index < -0.39 is 16.9 Å². The first-order valence-electron chi connectivity index (χ1n) is 5.99. The lowest BCUT2D eigenvalue weighted by Crippen LogP contribution is -2.21. The van der Waals surface area contributed by atoms with Crippen molar-refractivity contribution < 1.29 is 8.42 Å². The molecular formula is C12H12Br3NO3S. The maximum atomic E-state index is 12.4. The van der Waals surface area contributed by atoms with Gasteiger partial charge in [0, 0.05) is 0 Å². The van der Waals surface area contributed by atoms with E-state index >= 15 is 0 Å². The SMILES string of the molecule is O=NC1(c2cccc(S(=O)(=O)C(Br)(Br)Br)c2)CCCC1. The zero-order valence-electron chi connectivity index (χ0n) is 10.4. The molecule has 8 heteroatoms. The number of benzene rings is 1. The standard InChI is InChI=1S/C12H12Br3NO3S/c13-12(14,15)20(18,19)10-5-3-4-9(8-10)11(16-17)6-1-2-7-11/h3-5,8H,1-2,6-7H2. The fraction of sp³-hybridized carbons (Fsp3) is 0.500. The monoisotopic (exact) mass is 487 g/mol. The van der Waals surface area contributed by atoms with E-state index in [4.69, 9.17) is 0 Å². The van der Waals surface area contributed by atoms with Crippen LogP contribution in [0.25, 0.3) is 0 Å². The number of alkyl halides is 3. The molecule has 0 radical (unpaired) electrons. The van der Waals surface area contributed by atoms with Gasteiger partial charge in [0.15, 0.2) is 0 Å². The highest BCUT2D eigenvalue weighted by Crippen LogP contribution is 2.46. The predicted octanol–water partition coefficient (Wildman–Crippen LogP) is 4.79. The average molecular weight is 490 g/mol. The van der Waals surface area contributed by atoms with Gasteiger partial charge in [-0.15, -0.1) is 4.91 Å². The molecule has 0 saturated heterocycles. The van der Waals surface area contributed by atoms with Crippen LogP contribution in [-0.2, 0) is 15.4 Å². The van der Waals surface area contributed by atoms with Crippen molar-refractivity contribution in [1.29, 1.82) is 0 Å². The smallest absolute Gasteiger partial charge is 0.220 e.